The van der Waals surface area contributed by atoms with Gasteiger partial charge < -0.3 is 9.73 Å². The first-order valence-corrected chi connectivity index (χ1v) is 11.4. The number of hydrogen-bond donors (Lipinski definition) is 1. The molecule has 156 valence electrons. The van der Waals surface area contributed by atoms with E-state index in [2.05, 4.69) is 27.9 Å². The zero-order chi connectivity index (χ0) is 22.1. The maximum absolute atomic E-state index is 13.2. The first-order chi connectivity index (χ1) is 15.6. The summed E-state index contributed by atoms with van der Waals surface area (Å²) in [4.78, 5) is 18.0. The number of carbonyl (C=O) groups excluding carboxylic acids is 1. The number of hydrogen-bond acceptors (Lipinski definition) is 3. The van der Waals surface area contributed by atoms with E-state index in [1.165, 1.54) is 0 Å². The summed E-state index contributed by atoms with van der Waals surface area (Å²) in [7, 11) is 0. The number of furan rings is 1. The predicted octanol–water partition coefficient (Wildman–Crippen LogP) is 7.67. The molecule has 32 heavy (non-hydrogen) atoms. The van der Waals surface area contributed by atoms with Crippen LogP contribution in [0.2, 0.25) is 5.02 Å². The fraction of sp³-hybridized carbons (Fsp3) is 0. The van der Waals surface area contributed by atoms with E-state index in [1.54, 1.807) is 6.07 Å². The van der Waals surface area contributed by atoms with E-state index in [0.29, 0.717) is 33.3 Å². The number of nitrogens with one attached hydrogen (secondary N) is 1. The Morgan fingerprint density at radius 3 is 2.44 bits per heavy atom. The minimum Gasteiger partial charge on any atom is -0.454 e. The van der Waals surface area contributed by atoms with Crippen LogP contribution in [0.25, 0.3) is 33.7 Å². The lowest BCUT2D eigenvalue weighted by molar-refractivity contribution is 0.102. The van der Waals surface area contributed by atoms with Crippen molar-refractivity contribution < 1.29 is 9.21 Å². The van der Waals surface area contributed by atoms with Crippen LogP contribution in [0.4, 0.5) is 5.69 Å². The zero-order valence-electron chi connectivity index (χ0n) is 16.7. The van der Waals surface area contributed by atoms with Crippen molar-refractivity contribution >= 4 is 56.7 Å². The number of nitrogens with zero attached hydrogens (tertiary/aromatic N) is 1. The quantitative estimate of drug-likeness (QED) is 0.234. The second-order valence-electron chi connectivity index (χ2n) is 7.15. The molecule has 0 aliphatic carbocycles. The standard InChI is InChI=1S/C26H16ClIN2O2/c27-19-9-3-1-8-17(19)24-13-14-25(32-24)23-15-18(16-7-2-5-11-21(16)29-23)26(31)30-22-12-6-4-10-20(22)28/h1-15H,(H,30,31). The van der Waals surface area contributed by atoms with E-state index < -0.39 is 0 Å². The third kappa shape index (κ3) is 4.01. The molecule has 0 bridgehead atoms. The normalized spacial score (nSPS) is 10.9. The summed E-state index contributed by atoms with van der Waals surface area (Å²) in [6.45, 7) is 0. The van der Waals surface area contributed by atoms with Gasteiger partial charge in [0.15, 0.2) is 5.76 Å². The maximum Gasteiger partial charge on any atom is 0.256 e. The van der Waals surface area contributed by atoms with Gasteiger partial charge in [0.2, 0.25) is 0 Å². The highest BCUT2D eigenvalue weighted by molar-refractivity contribution is 14.1. The Morgan fingerprint density at radius 2 is 1.59 bits per heavy atom. The number of amides is 1. The van der Waals surface area contributed by atoms with E-state index in [-0.39, 0.29) is 5.91 Å². The Hall–Kier alpha value is -3.16. The Kier molecular flexibility index (Phi) is 5.68. The molecule has 0 atom stereocenters. The number of aromatic nitrogens is 1. The first kappa shape index (κ1) is 20.7. The van der Waals surface area contributed by atoms with Crippen molar-refractivity contribution in [2.75, 3.05) is 5.32 Å². The van der Waals surface area contributed by atoms with Crippen molar-refractivity contribution in [1.82, 2.24) is 4.98 Å². The molecule has 0 spiro atoms. The SMILES string of the molecule is O=C(Nc1ccccc1I)c1cc(-c2ccc(-c3ccccc3Cl)o2)nc2ccccc12. The molecule has 1 N–H and O–H groups in total. The fourth-order valence-electron chi connectivity index (χ4n) is 3.52. The van der Waals surface area contributed by atoms with Crippen molar-refractivity contribution in [1.29, 1.82) is 0 Å². The van der Waals surface area contributed by atoms with Crippen LogP contribution in [-0.4, -0.2) is 10.9 Å². The molecule has 0 aliphatic heterocycles. The third-order valence-corrected chi connectivity index (χ3v) is 6.35. The van der Waals surface area contributed by atoms with Gasteiger partial charge >= 0.3 is 0 Å². The lowest BCUT2D eigenvalue weighted by Crippen LogP contribution is -2.13. The van der Waals surface area contributed by atoms with Crippen LogP contribution in [0.5, 0.6) is 0 Å². The minimum atomic E-state index is -0.202. The maximum atomic E-state index is 13.2. The van der Waals surface area contributed by atoms with Crippen LogP contribution in [0.1, 0.15) is 10.4 Å². The molecular weight excluding hydrogens is 535 g/mol. The van der Waals surface area contributed by atoms with Gasteiger partial charge in [0.1, 0.15) is 11.5 Å². The second-order valence-corrected chi connectivity index (χ2v) is 8.72. The number of pyridine rings is 1. The molecule has 0 saturated carbocycles. The van der Waals surface area contributed by atoms with E-state index in [0.717, 1.165) is 20.2 Å². The van der Waals surface area contributed by atoms with E-state index in [9.17, 15) is 4.79 Å². The summed E-state index contributed by atoms with van der Waals surface area (Å²) in [5.74, 6) is 1.01. The van der Waals surface area contributed by atoms with Gasteiger partial charge in [-0.2, -0.15) is 0 Å². The molecule has 6 heteroatoms. The lowest BCUT2D eigenvalue weighted by Gasteiger charge is -2.11. The van der Waals surface area contributed by atoms with Crippen molar-refractivity contribution in [3.63, 3.8) is 0 Å². The Labute approximate surface area is 203 Å². The van der Waals surface area contributed by atoms with Crippen molar-refractivity contribution in [3.8, 4) is 22.8 Å². The minimum absolute atomic E-state index is 0.202. The highest BCUT2D eigenvalue weighted by Gasteiger charge is 2.17. The van der Waals surface area contributed by atoms with Gasteiger partial charge in [-0.05, 0) is 71.1 Å². The molecule has 0 radical (unpaired) electrons. The number of benzene rings is 3. The summed E-state index contributed by atoms with van der Waals surface area (Å²) in [5.41, 5.74) is 3.39. The van der Waals surface area contributed by atoms with E-state index >= 15 is 0 Å². The Balaban J connectivity index is 1.58. The van der Waals surface area contributed by atoms with Gasteiger partial charge in [0.05, 0.1) is 21.8 Å². The van der Waals surface area contributed by atoms with Crippen LogP contribution in [0, 0.1) is 3.57 Å². The van der Waals surface area contributed by atoms with Crippen LogP contribution in [-0.2, 0) is 0 Å². The van der Waals surface area contributed by atoms with Gasteiger partial charge in [-0.25, -0.2) is 4.98 Å². The molecular formula is C26H16ClIN2O2. The lowest BCUT2D eigenvalue weighted by atomic mass is 10.1. The zero-order valence-corrected chi connectivity index (χ0v) is 19.6. The molecule has 0 fully saturated rings. The molecule has 2 heterocycles. The second kappa shape index (κ2) is 8.76. The molecule has 4 nitrogen and oxygen atoms in total. The molecule has 0 unspecified atom stereocenters. The summed E-state index contributed by atoms with van der Waals surface area (Å²) in [6.07, 6.45) is 0. The molecule has 5 aromatic rings. The number of rotatable bonds is 4. The van der Waals surface area contributed by atoms with E-state index in [4.69, 9.17) is 21.0 Å². The number of carbonyl (C=O) groups is 1. The van der Waals surface area contributed by atoms with Crippen LogP contribution >= 0.6 is 34.2 Å². The topological polar surface area (TPSA) is 55.1 Å². The van der Waals surface area contributed by atoms with Crippen molar-refractivity contribution in [2.24, 2.45) is 0 Å². The largest absolute Gasteiger partial charge is 0.454 e. The summed E-state index contributed by atoms with van der Waals surface area (Å²) >= 11 is 8.52. The van der Waals surface area contributed by atoms with E-state index in [1.807, 2.05) is 84.9 Å². The molecule has 0 saturated heterocycles. The molecule has 5 rings (SSSR count). The Morgan fingerprint density at radius 1 is 0.875 bits per heavy atom. The molecule has 0 aliphatic rings. The average Bonchev–Trinajstić information content (AvgIpc) is 3.30. The van der Waals surface area contributed by atoms with Gasteiger partial charge in [0, 0.05) is 14.5 Å². The average molecular weight is 551 g/mol. The number of halogens is 2. The van der Waals surface area contributed by atoms with Crippen LogP contribution in [0.3, 0.4) is 0 Å². The van der Waals surface area contributed by atoms with Crippen LogP contribution in [0.15, 0.2) is 95.4 Å². The highest BCUT2D eigenvalue weighted by Crippen LogP contribution is 2.33. The van der Waals surface area contributed by atoms with Gasteiger partial charge in [-0.15, -0.1) is 0 Å². The number of anilines is 1. The summed E-state index contributed by atoms with van der Waals surface area (Å²) in [6, 6.07) is 28.2. The summed E-state index contributed by atoms with van der Waals surface area (Å²) < 4.78 is 7.04. The van der Waals surface area contributed by atoms with Crippen LogP contribution < -0.4 is 5.32 Å². The van der Waals surface area contributed by atoms with Crippen molar-refractivity contribution in [2.45, 2.75) is 0 Å². The highest BCUT2D eigenvalue weighted by atomic mass is 127. The van der Waals surface area contributed by atoms with Crippen molar-refractivity contribution in [3.05, 3.63) is 105 Å². The van der Waals surface area contributed by atoms with Gasteiger partial charge in [0.25, 0.3) is 5.91 Å². The summed E-state index contributed by atoms with van der Waals surface area (Å²) in [5, 5.41) is 4.40. The first-order valence-electron chi connectivity index (χ1n) is 9.91. The van der Waals surface area contributed by atoms with Gasteiger partial charge in [-0.1, -0.05) is 54.1 Å². The fourth-order valence-corrected chi connectivity index (χ4v) is 4.27. The van der Waals surface area contributed by atoms with Gasteiger partial charge in [-0.3, -0.25) is 4.79 Å². The predicted molar refractivity (Wildman–Crippen MR) is 137 cm³/mol. The Bertz CT molecular complexity index is 1460. The third-order valence-electron chi connectivity index (χ3n) is 5.08. The number of para-hydroxylation sites is 2. The smallest absolute Gasteiger partial charge is 0.256 e. The molecule has 2 aromatic heterocycles. The number of fused-ring (bicyclic) bond motifs is 1. The molecule has 1 amide bonds. The molecule has 3 aromatic carbocycles. The monoisotopic (exact) mass is 550 g/mol.